The predicted molar refractivity (Wildman–Crippen MR) is 71.5 cm³/mol. The van der Waals surface area contributed by atoms with Crippen molar-refractivity contribution in [2.24, 2.45) is 0 Å². The van der Waals surface area contributed by atoms with Crippen molar-refractivity contribution in [2.45, 2.75) is 6.92 Å². The number of carbonyl (C=O) groups excluding carboxylic acids is 2. The van der Waals surface area contributed by atoms with E-state index in [2.05, 4.69) is 4.98 Å². The molecule has 1 amide bonds. The number of H-pyrrole nitrogens is 1. The molecule has 0 spiro atoms. The average Bonchev–Trinajstić information content (AvgIpc) is 2.43. The van der Waals surface area contributed by atoms with Crippen LogP contribution in [0.3, 0.4) is 0 Å². The molecule has 20 heavy (non-hydrogen) atoms. The summed E-state index contributed by atoms with van der Waals surface area (Å²) in [6.45, 7) is 2.15. The molecule has 1 aromatic rings. The molecule has 110 valence electrons. The van der Waals surface area contributed by atoms with E-state index in [4.69, 9.17) is 9.47 Å². The summed E-state index contributed by atoms with van der Waals surface area (Å²) in [4.78, 5) is 39.3. The predicted octanol–water partition coefficient (Wildman–Crippen LogP) is 0.0266. The van der Waals surface area contributed by atoms with E-state index in [-0.39, 0.29) is 31.9 Å². The van der Waals surface area contributed by atoms with Gasteiger partial charge in [0.25, 0.3) is 5.91 Å². The molecule has 0 aliphatic rings. The van der Waals surface area contributed by atoms with Gasteiger partial charge in [-0.2, -0.15) is 0 Å². The van der Waals surface area contributed by atoms with Gasteiger partial charge in [0.05, 0.1) is 13.2 Å². The summed E-state index contributed by atoms with van der Waals surface area (Å²) in [5.74, 6) is -1.05. The summed E-state index contributed by atoms with van der Waals surface area (Å²) in [6.07, 6.45) is 2.75. The molecule has 0 atom stereocenters. The Balaban J connectivity index is 2.87. The molecule has 1 N–H and O–H groups in total. The highest BCUT2D eigenvalue weighted by Gasteiger charge is 2.21. The lowest BCUT2D eigenvalue weighted by molar-refractivity contribution is -0.143. The van der Waals surface area contributed by atoms with Gasteiger partial charge in [0, 0.05) is 32.1 Å². The zero-order valence-electron chi connectivity index (χ0n) is 11.5. The Labute approximate surface area is 116 Å². The Bertz CT molecular complexity index is 511. The van der Waals surface area contributed by atoms with Gasteiger partial charge in [0.1, 0.15) is 12.1 Å². The van der Waals surface area contributed by atoms with Crippen LogP contribution in [-0.4, -0.2) is 55.2 Å². The number of hydrogen-bond donors (Lipinski definition) is 1. The van der Waals surface area contributed by atoms with Gasteiger partial charge < -0.3 is 19.4 Å². The highest BCUT2D eigenvalue weighted by atomic mass is 16.5. The van der Waals surface area contributed by atoms with Crippen LogP contribution >= 0.6 is 0 Å². The molecule has 0 aliphatic heterocycles. The fraction of sp³-hybridized carbons (Fsp3) is 0.462. The Morgan fingerprint density at radius 3 is 2.75 bits per heavy atom. The number of rotatable bonds is 7. The number of aromatic nitrogens is 1. The lowest BCUT2D eigenvalue weighted by Gasteiger charge is -2.20. The number of nitrogens with one attached hydrogen (secondary N) is 1. The average molecular weight is 282 g/mol. The number of hydrogen-bond acceptors (Lipinski definition) is 5. The van der Waals surface area contributed by atoms with Crippen molar-refractivity contribution < 1.29 is 19.1 Å². The second-order valence-corrected chi connectivity index (χ2v) is 3.95. The van der Waals surface area contributed by atoms with Crippen molar-refractivity contribution in [3.05, 3.63) is 34.2 Å². The van der Waals surface area contributed by atoms with Crippen molar-refractivity contribution in [2.75, 3.05) is 33.4 Å². The monoisotopic (exact) mass is 282 g/mol. The first-order valence-electron chi connectivity index (χ1n) is 6.21. The molecule has 0 saturated heterocycles. The van der Waals surface area contributed by atoms with Crippen LogP contribution in [0.15, 0.2) is 23.3 Å². The molecule has 0 aromatic carbocycles. The normalized spacial score (nSPS) is 10.1. The largest absolute Gasteiger partial charge is 0.465 e. The van der Waals surface area contributed by atoms with Gasteiger partial charge in [0.15, 0.2) is 5.43 Å². The number of amides is 1. The molecule has 7 nitrogen and oxygen atoms in total. The summed E-state index contributed by atoms with van der Waals surface area (Å²) < 4.78 is 9.71. The van der Waals surface area contributed by atoms with E-state index < -0.39 is 17.3 Å². The second kappa shape index (κ2) is 8.11. The Morgan fingerprint density at radius 2 is 2.15 bits per heavy atom. The number of methoxy groups -OCH3 is 1. The zero-order valence-corrected chi connectivity index (χ0v) is 11.5. The molecular weight excluding hydrogens is 264 g/mol. The fourth-order valence-corrected chi connectivity index (χ4v) is 1.57. The highest BCUT2D eigenvalue weighted by Crippen LogP contribution is 2.00. The molecule has 0 radical (unpaired) electrons. The first-order chi connectivity index (χ1) is 9.60. The Hall–Kier alpha value is -2.15. The third-order valence-electron chi connectivity index (χ3n) is 2.53. The lowest BCUT2D eigenvalue weighted by Crippen LogP contribution is -2.40. The van der Waals surface area contributed by atoms with Crippen molar-refractivity contribution >= 4 is 11.9 Å². The van der Waals surface area contributed by atoms with Gasteiger partial charge in [-0.3, -0.25) is 14.4 Å². The number of ether oxygens (including phenoxy) is 2. The molecule has 0 bridgehead atoms. The molecule has 0 saturated carbocycles. The molecule has 7 heteroatoms. The van der Waals surface area contributed by atoms with Crippen molar-refractivity contribution in [1.29, 1.82) is 0 Å². The molecule has 0 aliphatic carbocycles. The standard InChI is InChI=1S/C13H18N2O5/c1-3-20-12(17)9-15(6-7-19-2)13(18)10-8-14-5-4-11(10)16/h4-5,8H,3,6-7,9H2,1-2H3,(H,14,16). The van der Waals surface area contributed by atoms with Crippen molar-refractivity contribution in [1.82, 2.24) is 9.88 Å². The molecule has 0 unspecified atom stereocenters. The number of aromatic amines is 1. The van der Waals surface area contributed by atoms with E-state index >= 15 is 0 Å². The van der Waals surface area contributed by atoms with Gasteiger partial charge in [-0.25, -0.2) is 0 Å². The van der Waals surface area contributed by atoms with Gasteiger partial charge in [-0.05, 0) is 6.92 Å². The van der Waals surface area contributed by atoms with Crippen LogP contribution in [-0.2, 0) is 14.3 Å². The fourth-order valence-electron chi connectivity index (χ4n) is 1.57. The summed E-state index contributed by atoms with van der Waals surface area (Å²) in [5.41, 5.74) is -0.423. The lowest BCUT2D eigenvalue weighted by atomic mass is 10.2. The summed E-state index contributed by atoms with van der Waals surface area (Å²) in [7, 11) is 1.49. The van der Waals surface area contributed by atoms with E-state index in [0.29, 0.717) is 0 Å². The Morgan fingerprint density at radius 1 is 1.40 bits per heavy atom. The van der Waals surface area contributed by atoms with Crippen LogP contribution in [0.25, 0.3) is 0 Å². The van der Waals surface area contributed by atoms with Crippen molar-refractivity contribution in [3.63, 3.8) is 0 Å². The third kappa shape index (κ3) is 4.51. The maximum absolute atomic E-state index is 12.3. The third-order valence-corrected chi connectivity index (χ3v) is 2.53. The van der Waals surface area contributed by atoms with Gasteiger partial charge in [-0.1, -0.05) is 0 Å². The molecule has 1 rings (SSSR count). The van der Waals surface area contributed by atoms with E-state index in [1.54, 1.807) is 6.92 Å². The van der Waals surface area contributed by atoms with Gasteiger partial charge >= 0.3 is 5.97 Å². The first-order valence-corrected chi connectivity index (χ1v) is 6.21. The minimum absolute atomic E-state index is 0.0205. The van der Waals surface area contributed by atoms with Crippen molar-refractivity contribution in [3.8, 4) is 0 Å². The van der Waals surface area contributed by atoms with Crippen LogP contribution in [0.4, 0.5) is 0 Å². The zero-order chi connectivity index (χ0) is 15.0. The maximum atomic E-state index is 12.3. The number of pyridine rings is 1. The van der Waals surface area contributed by atoms with Gasteiger partial charge in [0.2, 0.25) is 0 Å². The van der Waals surface area contributed by atoms with E-state index in [1.807, 2.05) is 0 Å². The number of nitrogens with zero attached hydrogens (tertiary/aromatic N) is 1. The first kappa shape index (κ1) is 15.9. The maximum Gasteiger partial charge on any atom is 0.325 e. The van der Waals surface area contributed by atoms with E-state index in [9.17, 15) is 14.4 Å². The molecule has 1 heterocycles. The number of carbonyl (C=O) groups is 2. The van der Waals surface area contributed by atoms with Crippen LogP contribution < -0.4 is 5.43 Å². The smallest absolute Gasteiger partial charge is 0.325 e. The second-order valence-electron chi connectivity index (χ2n) is 3.95. The summed E-state index contributed by atoms with van der Waals surface area (Å²) in [5, 5.41) is 0. The quantitative estimate of drug-likeness (QED) is 0.713. The molecular formula is C13H18N2O5. The highest BCUT2D eigenvalue weighted by molar-refractivity contribution is 5.95. The van der Waals surface area contributed by atoms with Crippen LogP contribution in [0.5, 0.6) is 0 Å². The van der Waals surface area contributed by atoms with Gasteiger partial charge in [-0.15, -0.1) is 0 Å². The van der Waals surface area contributed by atoms with Crippen LogP contribution in [0.2, 0.25) is 0 Å². The summed E-state index contributed by atoms with van der Waals surface area (Å²) in [6, 6.07) is 1.26. The Kier molecular flexibility index (Phi) is 6.45. The molecule has 0 fully saturated rings. The molecule has 1 aromatic heterocycles. The summed E-state index contributed by atoms with van der Waals surface area (Å²) >= 11 is 0. The minimum Gasteiger partial charge on any atom is -0.465 e. The van der Waals surface area contributed by atoms with Crippen LogP contribution in [0, 0.1) is 0 Å². The van der Waals surface area contributed by atoms with E-state index in [0.717, 1.165) is 0 Å². The minimum atomic E-state index is -0.531. The number of esters is 1. The topological polar surface area (TPSA) is 88.7 Å². The SMILES string of the molecule is CCOC(=O)CN(CCOC)C(=O)c1c[nH]ccc1=O. The van der Waals surface area contributed by atoms with Crippen LogP contribution in [0.1, 0.15) is 17.3 Å². The van der Waals surface area contributed by atoms with E-state index in [1.165, 1.54) is 30.5 Å².